The normalized spacial score (nSPS) is 25.7. The zero-order valence-electron chi connectivity index (χ0n) is 12.9. The van der Waals surface area contributed by atoms with Crippen molar-refractivity contribution in [2.45, 2.75) is 26.8 Å². The number of hydrogen-bond acceptors (Lipinski definition) is 4. The smallest absolute Gasteiger partial charge is 0.426 e. The van der Waals surface area contributed by atoms with Crippen LogP contribution < -0.4 is 9.59 Å². The minimum absolute atomic E-state index is 0.0561. The molecule has 1 saturated heterocycles. The summed E-state index contributed by atoms with van der Waals surface area (Å²) in [5.74, 6) is -0.362. The monoisotopic (exact) mass is 291 g/mol. The molecule has 2 atom stereocenters. The molecule has 21 heavy (non-hydrogen) atoms. The average Bonchev–Trinajstić information content (AvgIpc) is 2.65. The van der Waals surface area contributed by atoms with Crippen molar-refractivity contribution in [1.82, 2.24) is 14.4 Å². The van der Waals surface area contributed by atoms with E-state index in [1.165, 1.54) is 11.9 Å². The fraction of sp³-hybridized carbons (Fsp3) is 0.533. The van der Waals surface area contributed by atoms with Gasteiger partial charge in [0.1, 0.15) is 12.6 Å². The lowest BCUT2D eigenvalue weighted by atomic mass is 10.1. The summed E-state index contributed by atoms with van der Waals surface area (Å²) in [6, 6.07) is 2.55. The molecule has 1 aliphatic rings. The van der Waals surface area contributed by atoms with Crippen molar-refractivity contribution in [3.63, 3.8) is 0 Å². The molecular formula is C15H21N3O3. The van der Waals surface area contributed by atoms with Crippen molar-refractivity contribution in [3.05, 3.63) is 23.9 Å². The fourth-order valence-electron chi connectivity index (χ4n) is 3.13. The molecule has 2 heterocycles. The summed E-state index contributed by atoms with van der Waals surface area (Å²) >= 11 is 0. The van der Waals surface area contributed by atoms with Gasteiger partial charge in [-0.3, -0.25) is 4.90 Å². The van der Waals surface area contributed by atoms with Gasteiger partial charge in [0.25, 0.3) is 0 Å². The lowest BCUT2D eigenvalue weighted by Crippen LogP contribution is -2.55. The predicted octanol–water partition coefficient (Wildman–Crippen LogP) is 0.537. The molecule has 0 N–H and O–H groups in total. The Morgan fingerprint density at radius 3 is 2.71 bits per heavy atom. The van der Waals surface area contributed by atoms with Crippen LogP contribution in [0, 0.1) is 12.8 Å². The van der Waals surface area contributed by atoms with E-state index in [0.717, 1.165) is 5.56 Å². The van der Waals surface area contributed by atoms with E-state index < -0.39 is 12.0 Å². The largest absolute Gasteiger partial charge is 0.548 e. The number of aliphatic carboxylic acids is 1. The summed E-state index contributed by atoms with van der Waals surface area (Å²) in [6.45, 7) is 6.59. The van der Waals surface area contributed by atoms with Crippen LogP contribution in [0.15, 0.2) is 18.3 Å². The molecule has 0 bridgehead atoms. The second kappa shape index (κ2) is 5.44. The predicted molar refractivity (Wildman–Crippen MR) is 77.3 cm³/mol. The van der Waals surface area contributed by atoms with E-state index in [2.05, 4.69) is 4.98 Å². The summed E-state index contributed by atoms with van der Waals surface area (Å²) in [4.78, 5) is 29.8. The van der Waals surface area contributed by atoms with Crippen molar-refractivity contribution in [2.75, 3.05) is 20.1 Å². The number of nitrogens with zero attached hydrogens (tertiary/aromatic N) is 3. The molecule has 2 amide bonds. The van der Waals surface area contributed by atoms with Gasteiger partial charge >= 0.3 is 6.03 Å². The number of pyridine rings is 1. The number of amides is 2. The van der Waals surface area contributed by atoms with E-state index in [9.17, 15) is 14.7 Å². The van der Waals surface area contributed by atoms with Crippen LogP contribution in [0.2, 0.25) is 0 Å². The molecule has 0 aliphatic carbocycles. The van der Waals surface area contributed by atoms with Crippen molar-refractivity contribution in [1.29, 1.82) is 0 Å². The highest BCUT2D eigenvalue weighted by Gasteiger charge is 2.54. The second-order valence-electron chi connectivity index (χ2n) is 6.10. The first kappa shape index (κ1) is 15.4. The van der Waals surface area contributed by atoms with Crippen LogP contribution in [0.4, 0.5) is 10.6 Å². The molecule has 0 spiro atoms. The van der Waals surface area contributed by atoms with Crippen molar-refractivity contribution >= 4 is 17.8 Å². The van der Waals surface area contributed by atoms with E-state index in [-0.39, 0.29) is 23.0 Å². The van der Waals surface area contributed by atoms with Crippen LogP contribution in [0.25, 0.3) is 0 Å². The Bertz CT molecular complexity index is 573. The number of carboxylic acid groups (broad SMARTS) is 1. The third-order valence-electron chi connectivity index (χ3n) is 3.96. The molecule has 1 fully saturated rings. The molecule has 6 nitrogen and oxygen atoms in total. The summed E-state index contributed by atoms with van der Waals surface area (Å²) < 4.78 is -0.0561. The zero-order valence-corrected chi connectivity index (χ0v) is 12.9. The number of urea groups is 1. The standard InChI is InChI=1S/C15H21N3O3/c1-10(2)8-18(13-11(3)6-5-7-16-13)9-12(14(19)20)17(4)15(18)21/h5-7,10,12H,8-9H2,1-4H3. The topological polar surface area (TPSA) is 73.3 Å². The SMILES string of the molecule is Cc1cccnc1[N+]1(CC(C)C)CC(C(=O)[O-])N(C)C1=O. The van der Waals surface area contributed by atoms with Gasteiger partial charge in [0, 0.05) is 24.7 Å². The first-order chi connectivity index (χ1) is 9.79. The Morgan fingerprint density at radius 1 is 1.57 bits per heavy atom. The van der Waals surface area contributed by atoms with Crippen molar-refractivity contribution < 1.29 is 14.7 Å². The first-order valence-corrected chi connectivity index (χ1v) is 7.07. The molecule has 1 aromatic heterocycles. The van der Waals surface area contributed by atoms with Gasteiger partial charge < -0.3 is 9.90 Å². The molecule has 2 rings (SSSR count). The van der Waals surface area contributed by atoms with Crippen LogP contribution >= 0.6 is 0 Å². The number of aromatic nitrogens is 1. The highest BCUT2D eigenvalue weighted by atomic mass is 16.4. The average molecular weight is 291 g/mol. The van der Waals surface area contributed by atoms with E-state index >= 15 is 0 Å². The van der Waals surface area contributed by atoms with Crippen molar-refractivity contribution in [3.8, 4) is 0 Å². The maximum Gasteiger partial charge on any atom is 0.426 e. The quantitative estimate of drug-likeness (QED) is 0.759. The van der Waals surface area contributed by atoms with E-state index in [0.29, 0.717) is 12.4 Å². The third kappa shape index (κ3) is 2.51. The zero-order chi connectivity index (χ0) is 15.8. The van der Waals surface area contributed by atoms with Crippen LogP contribution in [0.1, 0.15) is 19.4 Å². The molecule has 114 valence electrons. The van der Waals surface area contributed by atoms with Gasteiger partial charge in [0.05, 0.1) is 12.5 Å². The molecule has 1 aliphatic heterocycles. The Balaban J connectivity index is 2.57. The minimum Gasteiger partial charge on any atom is -0.548 e. The summed E-state index contributed by atoms with van der Waals surface area (Å²) in [5.41, 5.74) is 0.888. The molecule has 6 heteroatoms. The lowest BCUT2D eigenvalue weighted by Gasteiger charge is -2.31. The number of aryl methyl sites for hydroxylation is 1. The Morgan fingerprint density at radius 2 is 2.24 bits per heavy atom. The van der Waals surface area contributed by atoms with Gasteiger partial charge in [0.15, 0.2) is 0 Å². The Kier molecular flexibility index (Phi) is 4.00. The van der Waals surface area contributed by atoms with Crippen LogP contribution in [-0.4, -0.2) is 48.1 Å². The lowest BCUT2D eigenvalue weighted by molar-refractivity contribution is -0.309. The fourth-order valence-corrected chi connectivity index (χ4v) is 3.13. The highest BCUT2D eigenvalue weighted by Crippen LogP contribution is 2.33. The van der Waals surface area contributed by atoms with Gasteiger partial charge in [-0.1, -0.05) is 19.9 Å². The number of carboxylic acids is 1. The maximum atomic E-state index is 12.8. The van der Waals surface area contributed by atoms with Gasteiger partial charge in [-0.05, 0) is 13.0 Å². The molecule has 2 unspecified atom stereocenters. The summed E-state index contributed by atoms with van der Waals surface area (Å²) in [5, 5.41) is 11.3. The van der Waals surface area contributed by atoms with E-state index in [4.69, 9.17) is 0 Å². The molecule has 1 aromatic rings. The first-order valence-electron chi connectivity index (χ1n) is 7.07. The number of likely N-dealkylation sites (N-methyl/N-ethyl adjacent to an activating group) is 1. The number of quaternary nitrogens is 1. The molecular weight excluding hydrogens is 270 g/mol. The Hall–Kier alpha value is -1.95. The number of hydrogen-bond donors (Lipinski definition) is 0. The van der Waals surface area contributed by atoms with Gasteiger partial charge in [-0.2, -0.15) is 4.48 Å². The summed E-state index contributed by atoms with van der Waals surface area (Å²) in [6.07, 6.45) is 1.64. The third-order valence-corrected chi connectivity index (χ3v) is 3.96. The summed E-state index contributed by atoms with van der Waals surface area (Å²) in [7, 11) is 1.52. The minimum atomic E-state index is -1.22. The van der Waals surface area contributed by atoms with E-state index in [1.807, 2.05) is 32.9 Å². The Labute approximate surface area is 124 Å². The molecule has 0 radical (unpaired) electrons. The maximum absolute atomic E-state index is 12.8. The van der Waals surface area contributed by atoms with Crippen LogP contribution in [-0.2, 0) is 4.79 Å². The second-order valence-corrected chi connectivity index (χ2v) is 6.10. The van der Waals surface area contributed by atoms with Gasteiger partial charge in [0.2, 0.25) is 5.82 Å². The number of carbonyl (C=O) groups is 2. The number of rotatable bonds is 4. The van der Waals surface area contributed by atoms with E-state index in [1.54, 1.807) is 6.20 Å². The highest BCUT2D eigenvalue weighted by molar-refractivity contribution is 5.94. The number of carbonyl (C=O) groups excluding carboxylic acids is 2. The van der Waals surface area contributed by atoms with Crippen LogP contribution in [0.5, 0.6) is 0 Å². The van der Waals surface area contributed by atoms with Gasteiger partial charge in [-0.15, -0.1) is 0 Å². The van der Waals surface area contributed by atoms with Crippen molar-refractivity contribution in [2.24, 2.45) is 5.92 Å². The molecule has 0 saturated carbocycles. The van der Waals surface area contributed by atoms with Gasteiger partial charge in [-0.25, -0.2) is 9.78 Å². The molecule has 0 aromatic carbocycles. The van der Waals surface area contributed by atoms with Crippen LogP contribution in [0.3, 0.4) is 0 Å².